The van der Waals surface area contributed by atoms with Crippen LogP contribution in [-0.4, -0.2) is 0 Å². The first-order valence-corrected chi connectivity index (χ1v) is 22.0. The monoisotopic (exact) mass is 813 g/mol. The van der Waals surface area contributed by atoms with E-state index in [-0.39, 0.29) is 0 Å². The Morgan fingerprint density at radius 3 is 1.66 bits per heavy atom. The average Bonchev–Trinajstić information content (AvgIpc) is 3.75. The minimum Gasteiger partial charge on any atom is -0.455 e. The summed E-state index contributed by atoms with van der Waals surface area (Å²) in [6, 6.07) is 86.1. The van der Waals surface area contributed by atoms with Crippen LogP contribution < -0.4 is 4.90 Å². The van der Waals surface area contributed by atoms with Crippen molar-refractivity contribution in [3.63, 3.8) is 0 Å². The first-order chi connectivity index (χ1) is 31.7. The quantitative estimate of drug-likeness (QED) is 0.156. The van der Waals surface area contributed by atoms with Gasteiger partial charge in [0.05, 0.1) is 5.69 Å². The molecule has 0 unspecified atom stereocenters. The largest absolute Gasteiger partial charge is 0.455 e. The molecule has 0 N–H and O–H groups in total. The summed E-state index contributed by atoms with van der Waals surface area (Å²) in [5.74, 6) is 0. The van der Waals surface area contributed by atoms with Crippen LogP contribution in [0.5, 0.6) is 0 Å². The number of hydrogen-bond acceptors (Lipinski definition) is 2. The zero-order chi connectivity index (χ0) is 42.1. The summed E-state index contributed by atoms with van der Waals surface area (Å²) >= 11 is 0. The Morgan fingerprint density at radius 1 is 0.266 bits per heavy atom. The van der Waals surface area contributed by atoms with Crippen molar-refractivity contribution >= 4 is 92.9 Å². The molecular formula is C62H39NO. The second-order valence-corrected chi connectivity index (χ2v) is 16.8. The lowest BCUT2D eigenvalue weighted by Crippen LogP contribution is -2.10. The Bertz CT molecular complexity index is 3950. The van der Waals surface area contributed by atoms with Crippen molar-refractivity contribution in [1.82, 2.24) is 0 Å². The molecule has 0 radical (unpaired) electrons. The third kappa shape index (κ3) is 5.88. The van der Waals surface area contributed by atoms with Crippen LogP contribution >= 0.6 is 0 Å². The lowest BCUT2D eigenvalue weighted by atomic mass is 9.95. The van der Waals surface area contributed by atoms with Crippen LogP contribution in [-0.2, 0) is 0 Å². The Morgan fingerprint density at radius 2 is 0.812 bits per heavy atom. The van der Waals surface area contributed by atoms with Crippen LogP contribution in [0.2, 0.25) is 0 Å². The standard InChI is InChI=1S/C62H39NO/c1-2-12-41(13-3-1)55-22-11-23-58-59-38-44(29-35-61(59)64-62(55)58)43-28-33-53-46(36-43)24-25-47-37-49(32-34-54(47)53)63(60-39-45-15-5-7-18-52(45)56-19-8-9-20-57(56)60)48-30-26-42(27-31-48)51-21-10-16-40-14-4-6-17-50(40)51/h1-39H. The first kappa shape index (κ1) is 36.2. The SMILES string of the molecule is c1ccc(-c2cccc3c2oc2ccc(-c4ccc5c(ccc6cc(N(c7ccc(-c8cccc9ccccc89)cc7)c7cc8ccccc8c8ccccc78)ccc65)c4)cc23)cc1. The molecule has 2 heteroatoms. The van der Waals surface area contributed by atoms with Gasteiger partial charge in [-0.2, -0.15) is 0 Å². The molecular weight excluding hydrogens is 775 g/mol. The van der Waals surface area contributed by atoms with Gasteiger partial charge in [0, 0.05) is 33.1 Å². The molecule has 64 heavy (non-hydrogen) atoms. The first-order valence-electron chi connectivity index (χ1n) is 22.0. The van der Waals surface area contributed by atoms with Crippen LogP contribution in [0.25, 0.3) is 109 Å². The van der Waals surface area contributed by atoms with E-state index in [2.05, 4.69) is 241 Å². The Hall–Kier alpha value is -8.46. The molecule has 0 aliphatic heterocycles. The zero-order valence-corrected chi connectivity index (χ0v) is 34.9. The highest BCUT2D eigenvalue weighted by Gasteiger charge is 2.19. The molecule has 1 aromatic heterocycles. The number of nitrogens with zero attached hydrogens (tertiary/aromatic N) is 1. The predicted octanol–water partition coefficient (Wildman–Crippen LogP) is 17.8. The van der Waals surface area contributed by atoms with Crippen LogP contribution in [0.1, 0.15) is 0 Å². The lowest BCUT2D eigenvalue weighted by molar-refractivity contribution is 0.670. The summed E-state index contributed by atoms with van der Waals surface area (Å²) in [6.07, 6.45) is 0. The average molecular weight is 814 g/mol. The van der Waals surface area contributed by atoms with Crippen LogP contribution in [0.15, 0.2) is 241 Å². The second-order valence-electron chi connectivity index (χ2n) is 16.8. The molecule has 0 bridgehead atoms. The van der Waals surface area contributed by atoms with E-state index in [4.69, 9.17) is 4.42 Å². The third-order valence-electron chi connectivity index (χ3n) is 13.2. The van der Waals surface area contributed by atoms with E-state index in [0.29, 0.717) is 0 Å². The molecule has 0 saturated heterocycles. The molecule has 0 amide bonds. The number of furan rings is 1. The van der Waals surface area contributed by atoms with Gasteiger partial charge in [-0.1, -0.05) is 188 Å². The van der Waals surface area contributed by atoms with Gasteiger partial charge < -0.3 is 9.32 Å². The highest BCUT2D eigenvalue weighted by Crippen LogP contribution is 2.45. The molecule has 12 aromatic carbocycles. The molecule has 0 fully saturated rings. The van der Waals surface area contributed by atoms with Gasteiger partial charge in [-0.3, -0.25) is 0 Å². The maximum absolute atomic E-state index is 6.50. The number of anilines is 3. The third-order valence-corrected chi connectivity index (χ3v) is 13.2. The number of fused-ring (bicyclic) bond motifs is 10. The summed E-state index contributed by atoms with van der Waals surface area (Å²) in [5.41, 5.74) is 12.2. The van der Waals surface area contributed by atoms with Crippen molar-refractivity contribution in [3.05, 3.63) is 237 Å². The fourth-order valence-corrected chi connectivity index (χ4v) is 10.1. The van der Waals surface area contributed by atoms with Gasteiger partial charge in [0.1, 0.15) is 11.2 Å². The van der Waals surface area contributed by atoms with E-state index in [1.165, 1.54) is 76.1 Å². The van der Waals surface area contributed by atoms with Crippen molar-refractivity contribution in [3.8, 4) is 33.4 Å². The summed E-state index contributed by atoms with van der Waals surface area (Å²) in [4.78, 5) is 2.44. The lowest BCUT2D eigenvalue weighted by Gasteiger charge is -2.28. The number of rotatable bonds is 6. The topological polar surface area (TPSA) is 16.4 Å². The van der Waals surface area contributed by atoms with E-state index < -0.39 is 0 Å². The van der Waals surface area contributed by atoms with Gasteiger partial charge in [-0.15, -0.1) is 0 Å². The van der Waals surface area contributed by atoms with Crippen LogP contribution in [0.4, 0.5) is 17.1 Å². The molecule has 0 spiro atoms. The maximum Gasteiger partial charge on any atom is 0.143 e. The van der Waals surface area contributed by atoms with Crippen LogP contribution in [0, 0.1) is 0 Å². The second kappa shape index (κ2) is 14.6. The summed E-state index contributed by atoms with van der Waals surface area (Å²) in [7, 11) is 0. The van der Waals surface area contributed by atoms with Gasteiger partial charge in [0.15, 0.2) is 0 Å². The molecule has 13 rings (SSSR count). The van der Waals surface area contributed by atoms with Crippen molar-refractivity contribution in [2.75, 3.05) is 4.90 Å². The smallest absolute Gasteiger partial charge is 0.143 e. The summed E-state index contributed by atoms with van der Waals surface area (Å²) in [5, 5.41) is 14.6. The normalized spacial score (nSPS) is 11.8. The molecule has 298 valence electrons. The van der Waals surface area contributed by atoms with E-state index >= 15 is 0 Å². The zero-order valence-electron chi connectivity index (χ0n) is 34.9. The summed E-state index contributed by atoms with van der Waals surface area (Å²) in [6.45, 7) is 0. The summed E-state index contributed by atoms with van der Waals surface area (Å²) < 4.78 is 6.50. The fourth-order valence-electron chi connectivity index (χ4n) is 10.1. The Balaban J connectivity index is 0.921. The maximum atomic E-state index is 6.50. The van der Waals surface area contributed by atoms with E-state index in [1.54, 1.807) is 0 Å². The molecule has 0 saturated carbocycles. The number of hydrogen-bond donors (Lipinski definition) is 0. The Labute approximate surface area is 370 Å². The van der Waals surface area contributed by atoms with E-state index in [9.17, 15) is 0 Å². The van der Waals surface area contributed by atoms with Crippen LogP contribution in [0.3, 0.4) is 0 Å². The van der Waals surface area contributed by atoms with E-state index in [1.807, 2.05) is 0 Å². The van der Waals surface area contributed by atoms with E-state index in [0.717, 1.165) is 50.1 Å². The minimum atomic E-state index is 0.899. The van der Waals surface area contributed by atoms with Crippen molar-refractivity contribution < 1.29 is 4.42 Å². The van der Waals surface area contributed by atoms with Crippen molar-refractivity contribution in [2.24, 2.45) is 0 Å². The highest BCUT2D eigenvalue weighted by atomic mass is 16.3. The predicted molar refractivity (Wildman–Crippen MR) is 272 cm³/mol. The molecule has 13 aromatic rings. The fraction of sp³-hybridized carbons (Fsp3) is 0. The van der Waals surface area contributed by atoms with Gasteiger partial charge >= 0.3 is 0 Å². The Kier molecular flexibility index (Phi) is 8.25. The molecule has 0 aliphatic carbocycles. The molecule has 2 nitrogen and oxygen atoms in total. The molecule has 0 atom stereocenters. The van der Waals surface area contributed by atoms with Gasteiger partial charge in [-0.05, 0) is 125 Å². The molecule has 1 heterocycles. The minimum absolute atomic E-state index is 0.899. The molecule has 0 aliphatic rings. The highest BCUT2D eigenvalue weighted by molar-refractivity contribution is 6.16. The van der Waals surface area contributed by atoms with Gasteiger partial charge in [0.25, 0.3) is 0 Å². The van der Waals surface area contributed by atoms with Gasteiger partial charge in [-0.25, -0.2) is 0 Å². The van der Waals surface area contributed by atoms with Crippen molar-refractivity contribution in [1.29, 1.82) is 0 Å². The van der Waals surface area contributed by atoms with Gasteiger partial charge in [0.2, 0.25) is 0 Å². The number of para-hydroxylation sites is 1. The number of benzene rings is 12. The van der Waals surface area contributed by atoms with Crippen molar-refractivity contribution in [2.45, 2.75) is 0 Å².